The number of sulfonamides is 1. The lowest BCUT2D eigenvalue weighted by molar-refractivity contribution is -0.149. The number of likely N-dealkylation sites (tertiary alicyclic amines) is 1. The predicted octanol–water partition coefficient (Wildman–Crippen LogP) is 3.32. The first-order valence-corrected chi connectivity index (χ1v) is 14.3. The first kappa shape index (κ1) is 28.9. The highest BCUT2D eigenvalue weighted by Crippen LogP contribution is 2.33. The van der Waals surface area contributed by atoms with Crippen LogP contribution in [-0.4, -0.2) is 75.4 Å². The Morgan fingerprint density at radius 2 is 1.62 bits per heavy atom. The molecule has 0 aromatic heterocycles. The van der Waals surface area contributed by atoms with Crippen LogP contribution in [0.25, 0.3) is 10.8 Å². The van der Waals surface area contributed by atoms with E-state index in [2.05, 4.69) is 0 Å². The summed E-state index contributed by atoms with van der Waals surface area (Å²) in [5.74, 6) is -2.86. The van der Waals surface area contributed by atoms with E-state index in [9.17, 15) is 23.2 Å². The number of hydrogen-bond acceptors (Lipinski definition) is 6. The highest BCUT2D eigenvalue weighted by Gasteiger charge is 2.40. The molecule has 2 aromatic carbocycles. The number of nitrogens with zero attached hydrogens (tertiary/aromatic N) is 3. The third kappa shape index (κ3) is 6.42. The van der Waals surface area contributed by atoms with Gasteiger partial charge in [-0.05, 0) is 49.7 Å². The highest BCUT2D eigenvalue weighted by atomic mass is 32.2. The van der Waals surface area contributed by atoms with Crippen LogP contribution in [0.5, 0.6) is 0 Å². The quantitative estimate of drug-likeness (QED) is 0.276. The number of carbonyl (C=O) groups excluding carboxylic acids is 2. The molecule has 0 spiro atoms. The van der Waals surface area contributed by atoms with E-state index >= 15 is 0 Å². The first-order valence-electron chi connectivity index (χ1n) is 12.9. The van der Waals surface area contributed by atoms with E-state index in [4.69, 9.17) is 0 Å². The maximum Gasteiger partial charge on any atom is 0.256 e. The fourth-order valence-corrected chi connectivity index (χ4v) is 6.74. The van der Waals surface area contributed by atoms with Crippen LogP contribution in [0.1, 0.15) is 39.5 Å². The molecule has 204 valence electrons. The maximum atomic E-state index is 13.8. The molecule has 0 bridgehead atoms. The molecular weight excluding hydrogens is 492 g/mol. The molecule has 37 heavy (non-hydrogen) atoms. The first-order chi connectivity index (χ1) is 17.5. The van der Waals surface area contributed by atoms with Gasteiger partial charge in [-0.2, -0.15) is 0 Å². The van der Waals surface area contributed by atoms with Gasteiger partial charge in [0.15, 0.2) is 0 Å². The number of hydrogen-bond donors (Lipinski definition) is 2. The van der Waals surface area contributed by atoms with E-state index in [1.165, 1.54) is 11.4 Å². The number of amides is 2. The summed E-state index contributed by atoms with van der Waals surface area (Å²) in [6.07, 6.45) is 3.19. The molecule has 1 aliphatic heterocycles. The Balaban J connectivity index is 1.99. The average molecular weight is 533 g/mol. The molecule has 2 atom stereocenters. The summed E-state index contributed by atoms with van der Waals surface area (Å²) < 4.78 is 28.9. The van der Waals surface area contributed by atoms with Crippen molar-refractivity contribution in [3.05, 3.63) is 36.4 Å². The summed E-state index contributed by atoms with van der Waals surface area (Å²) >= 11 is 0. The number of hydroxylamine groups is 1. The molecule has 1 heterocycles. The molecule has 10 heteroatoms. The van der Waals surface area contributed by atoms with Gasteiger partial charge in [-0.3, -0.25) is 14.8 Å². The number of benzene rings is 2. The van der Waals surface area contributed by atoms with Gasteiger partial charge in [-0.15, -0.1) is 0 Å². The van der Waals surface area contributed by atoms with Gasteiger partial charge in [-0.1, -0.05) is 38.1 Å². The van der Waals surface area contributed by atoms with Crippen molar-refractivity contribution in [2.45, 2.75) is 44.4 Å². The summed E-state index contributed by atoms with van der Waals surface area (Å²) in [6.45, 7) is 5.01. The van der Waals surface area contributed by atoms with Gasteiger partial charge < -0.3 is 9.80 Å². The highest BCUT2D eigenvalue weighted by molar-refractivity contribution is 7.89. The second kappa shape index (κ2) is 12.2. The Bertz CT molecular complexity index is 1210. The fourth-order valence-electron chi connectivity index (χ4n) is 5.31. The lowest BCUT2D eigenvalue weighted by Gasteiger charge is -2.35. The molecule has 9 nitrogen and oxygen atoms in total. The van der Waals surface area contributed by atoms with E-state index in [1.54, 1.807) is 28.6 Å². The number of piperidine rings is 1. The van der Waals surface area contributed by atoms with Crippen molar-refractivity contribution in [2.75, 3.05) is 45.7 Å². The number of fused-ring (bicyclic) bond motifs is 1. The lowest BCUT2D eigenvalue weighted by Crippen LogP contribution is -2.50. The van der Waals surface area contributed by atoms with E-state index < -0.39 is 27.8 Å². The van der Waals surface area contributed by atoms with Gasteiger partial charge in [0, 0.05) is 57.2 Å². The molecule has 2 aromatic rings. The maximum absolute atomic E-state index is 13.8. The molecule has 3 rings (SSSR count). The molecule has 2 N–H and O–H groups in total. The minimum absolute atomic E-state index is 0.0397. The molecule has 0 saturated carbocycles. The zero-order valence-electron chi connectivity index (χ0n) is 22.5. The van der Waals surface area contributed by atoms with Gasteiger partial charge in [-0.25, -0.2) is 18.2 Å². The molecular formula is C27H40N4O5S. The fraction of sp³-hybridized carbons (Fsp3) is 0.556. The average Bonchev–Trinajstić information content (AvgIpc) is 2.87. The summed E-state index contributed by atoms with van der Waals surface area (Å²) in [4.78, 5) is 30.1. The summed E-state index contributed by atoms with van der Waals surface area (Å²) in [7, 11) is 1.34. The molecule has 0 radical (unpaired) electrons. The summed E-state index contributed by atoms with van der Waals surface area (Å²) in [6, 6.07) is 10.8. The summed E-state index contributed by atoms with van der Waals surface area (Å²) in [5, 5.41) is 10.9. The van der Waals surface area contributed by atoms with Gasteiger partial charge in [0.25, 0.3) is 5.91 Å². The van der Waals surface area contributed by atoms with Crippen molar-refractivity contribution in [3.63, 3.8) is 0 Å². The van der Waals surface area contributed by atoms with Crippen LogP contribution < -0.4 is 10.4 Å². The Kier molecular flexibility index (Phi) is 9.55. The number of carbonyl (C=O) groups is 2. The van der Waals surface area contributed by atoms with E-state index in [0.29, 0.717) is 24.9 Å². The minimum atomic E-state index is -3.96. The van der Waals surface area contributed by atoms with Gasteiger partial charge >= 0.3 is 0 Å². The van der Waals surface area contributed by atoms with Crippen molar-refractivity contribution in [3.8, 4) is 0 Å². The number of anilines is 1. The minimum Gasteiger partial charge on any atom is -0.377 e. The SMILES string of the molecule is CC(C)C[C@@H](CN(C)S(=O)(=O)c1cccc2c(N(C)C)cccc12)[C@H](C(=O)NO)C(=O)N1CCCCC1. The van der Waals surface area contributed by atoms with Crippen LogP contribution >= 0.6 is 0 Å². The Morgan fingerprint density at radius 1 is 1.00 bits per heavy atom. The van der Waals surface area contributed by atoms with Crippen molar-refractivity contribution < 1.29 is 23.2 Å². The predicted molar refractivity (Wildman–Crippen MR) is 145 cm³/mol. The zero-order chi connectivity index (χ0) is 27.3. The Labute approximate surface area is 220 Å². The molecule has 0 unspecified atom stereocenters. The van der Waals surface area contributed by atoms with E-state index in [1.807, 2.05) is 51.0 Å². The van der Waals surface area contributed by atoms with Crippen LogP contribution in [0.15, 0.2) is 41.3 Å². The van der Waals surface area contributed by atoms with Crippen molar-refractivity contribution in [2.24, 2.45) is 17.8 Å². The van der Waals surface area contributed by atoms with E-state index in [0.717, 1.165) is 30.3 Å². The topological polar surface area (TPSA) is 110 Å². The van der Waals surface area contributed by atoms with Crippen LogP contribution in [0, 0.1) is 17.8 Å². The molecule has 2 amide bonds. The molecule has 0 aliphatic carbocycles. The summed E-state index contributed by atoms with van der Waals surface area (Å²) in [5.41, 5.74) is 2.57. The van der Waals surface area contributed by atoms with Gasteiger partial charge in [0.1, 0.15) is 5.92 Å². The number of nitrogens with one attached hydrogen (secondary N) is 1. The largest absolute Gasteiger partial charge is 0.377 e. The van der Waals surface area contributed by atoms with E-state index in [-0.39, 0.29) is 23.3 Å². The molecule has 1 fully saturated rings. The van der Waals surface area contributed by atoms with Gasteiger partial charge in [0.2, 0.25) is 15.9 Å². The van der Waals surface area contributed by atoms with Crippen molar-refractivity contribution in [1.82, 2.24) is 14.7 Å². The standard InChI is InChI=1S/C27H40N4O5S/c1-19(2)17-20(25(26(32)28-34)27(33)31-15-7-6-8-16-31)18-30(5)37(35,36)24-14-10-11-21-22(24)12-9-13-23(21)29(3)4/h9-14,19-20,25,34H,6-8,15-18H2,1-5H3,(H,28,32)/t20-,25+/m0/s1. The lowest BCUT2D eigenvalue weighted by atomic mass is 9.83. The van der Waals surface area contributed by atoms with Crippen molar-refractivity contribution in [1.29, 1.82) is 0 Å². The second-order valence-electron chi connectivity index (χ2n) is 10.5. The van der Waals surface area contributed by atoms with Gasteiger partial charge in [0.05, 0.1) is 4.90 Å². The Hall–Kier alpha value is -2.69. The number of rotatable bonds is 10. The van der Waals surface area contributed by atoms with Crippen LogP contribution in [-0.2, 0) is 19.6 Å². The smallest absolute Gasteiger partial charge is 0.256 e. The third-order valence-corrected chi connectivity index (χ3v) is 8.97. The molecule has 1 saturated heterocycles. The van der Waals surface area contributed by atoms with Crippen LogP contribution in [0.2, 0.25) is 0 Å². The normalized spacial score (nSPS) is 16.2. The monoisotopic (exact) mass is 532 g/mol. The zero-order valence-corrected chi connectivity index (χ0v) is 23.3. The third-order valence-electron chi connectivity index (χ3n) is 7.09. The van der Waals surface area contributed by atoms with Crippen molar-refractivity contribution >= 4 is 38.3 Å². The molecule has 1 aliphatic rings. The Morgan fingerprint density at radius 3 is 2.22 bits per heavy atom. The van der Waals surface area contributed by atoms with Crippen LogP contribution in [0.4, 0.5) is 5.69 Å². The van der Waals surface area contributed by atoms with Crippen LogP contribution in [0.3, 0.4) is 0 Å². The second-order valence-corrected chi connectivity index (χ2v) is 12.6.